The molecule has 0 aliphatic carbocycles. The second-order valence-electron chi connectivity index (χ2n) is 6.23. The molecule has 1 heterocycles. The van der Waals surface area contributed by atoms with Gasteiger partial charge >= 0.3 is 11.9 Å². The number of esters is 2. The van der Waals surface area contributed by atoms with Gasteiger partial charge in [0.1, 0.15) is 6.04 Å². The lowest BCUT2D eigenvalue weighted by atomic mass is 10.1. The lowest BCUT2D eigenvalue weighted by Gasteiger charge is -2.16. The van der Waals surface area contributed by atoms with Crippen LogP contribution in [0.15, 0.2) is 65.4 Å². The number of benzene rings is 2. The molecule has 2 aromatic carbocycles. The summed E-state index contributed by atoms with van der Waals surface area (Å²) in [4.78, 5) is 36.3. The number of nitrogens with zero attached hydrogens (tertiary/aromatic N) is 2. The second kappa shape index (κ2) is 9.97. The third-order valence-electron chi connectivity index (χ3n) is 4.17. The third-order valence-corrected chi connectivity index (χ3v) is 4.17. The summed E-state index contributed by atoms with van der Waals surface area (Å²) in [5.41, 5.74) is 1.75. The Morgan fingerprint density at radius 2 is 1.80 bits per heavy atom. The zero-order valence-electron chi connectivity index (χ0n) is 16.1. The highest BCUT2D eigenvalue weighted by atomic mass is 16.5. The number of rotatable bonds is 8. The maximum atomic E-state index is 12.2. The molecule has 0 aliphatic rings. The van der Waals surface area contributed by atoms with Gasteiger partial charge in [0, 0.05) is 12.0 Å². The minimum Gasteiger partial charge on any atom is -0.467 e. The minimum atomic E-state index is -0.891. The molecule has 3 aromatic rings. The van der Waals surface area contributed by atoms with Gasteiger partial charge in [0.2, 0.25) is 12.3 Å². The summed E-state index contributed by atoms with van der Waals surface area (Å²) >= 11 is 0. The van der Waals surface area contributed by atoms with Crippen molar-refractivity contribution in [2.75, 3.05) is 13.7 Å². The number of ether oxygens (including phenoxy) is 2. The molecule has 0 aliphatic heterocycles. The van der Waals surface area contributed by atoms with Crippen LogP contribution in [-0.2, 0) is 25.5 Å². The molecule has 0 fully saturated rings. The molecule has 0 radical (unpaired) electrons. The Morgan fingerprint density at radius 3 is 2.43 bits per heavy atom. The second-order valence-corrected chi connectivity index (χ2v) is 6.23. The first-order valence-electron chi connectivity index (χ1n) is 9.01. The number of hydrogen-bond donors (Lipinski definition) is 1. The molecule has 9 heteroatoms. The van der Waals surface area contributed by atoms with Crippen LogP contribution in [-0.4, -0.2) is 47.8 Å². The number of aromatic nitrogens is 2. The molecule has 0 spiro atoms. The zero-order valence-corrected chi connectivity index (χ0v) is 16.1. The predicted octanol–water partition coefficient (Wildman–Crippen LogP) is 1.79. The van der Waals surface area contributed by atoms with E-state index >= 15 is 0 Å². The largest absolute Gasteiger partial charge is 0.467 e. The summed E-state index contributed by atoms with van der Waals surface area (Å²) in [6, 6.07) is 14.6. The van der Waals surface area contributed by atoms with Crippen molar-refractivity contribution in [3.05, 3.63) is 72.1 Å². The minimum absolute atomic E-state index is 0.250. The Bertz CT molecular complexity index is 987. The van der Waals surface area contributed by atoms with E-state index in [1.165, 1.54) is 25.6 Å². The molecule has 154 valence electrons. The Morgan fingerprint density at radius 1 is 1.07 bits per heavy atom. The predicted molar refractivity (Wildman–Crippen MR) is 104 cm³/mol. The molecule has 30 heavy (non-hydrogen) atoms. The maximum Gasteiger partial charge on any atom is 0.338 e. The van der Waals surface area contributed by atoms with Crippen molar-refractivity contribution in [2.24, 2.45) is 0 Å². The van der Waals surface area contributed by atoms with E-state index in [-0.39, 0.29) is 12.0 Å². The molecule has 1 atom stereocenters. The number of methoxy groups -OCH3 is 1. The summed E-state index contributed by atoms with van der Waals surface area (Å²) in [5.74, 6) is -1.56. The van der Waals surface area contributed by atoms with E-state index in [9.17, 15) is 14.4 Å². The highest BCUT2D eigenvalue weighted by Crippen LogP contribution is 2.17. The van der Waals surface area contributed by atoms with Gasteiger partial charge in [-0.3, -0.25) is 4.79 Å². The van der Waals surface area contributed by atoms with Crippen molar-refractivity contribution in [1.29, 1.82) is 0 Å². The van der Waals surface area contributed by atoms with E-state index in [4.69, 9.17) is 13.9 Å². The van der Waals surface area contributed by atoms with Gasteiger partial charge in [-0.2, -0.15) is 0 Å². The first-order chi connectivity index (χ1) is 14.6. The van der Waals surface area contributed by atoms with Crippen molar-refractivity contribution < 1.29 is 28.3 Å². The van der Waals surface area contributed by atoms with Crippen molar-refractivity contribution in [2.45, 2.75) is 12.5 Å². The van der Waals surface area contributed by atoms with E-state index in [1.54, 1.807) is 12.1 Å². The van der Waals surface area contributed by atoms with E-state index in [0.717, 1.165) is 5.56 Å². The topological polar surface area (TPSA) is 121 Å². The summed E-state index contributed by atoms with van der Waals surface area (Å²) < 4.78 is 14.9. The van der Waals surface area contributed by atoms with Crippen LogP contribution in [0.3, 0.4) is 0 Å². The summed E-state index contributed by atoms with van der Waals surface area (Å²) in [6.45, 7) is -0.535. The Hall–Kier alpha value is -4.01. The molecule has 1 amide bonds. The quantitative estimate of drug-likeness (QED) is 0.559. The van der Waals surface area contributed by atoms with Crippen LogP contribution in [0.1, 0.15) is 15.9 Å². The van der Waals surface area contributed by atoms with E-state index < -0.39 is 30.5 Å². The summed E-state index contributed by atoms with van der Waals surface area (Å²) in [6.07, 6.45) is 1.46. The van der Waals surface area contributed by atoms with Crippen LogP contribution < -0.4 is 5.32 Å². The van der Waals surface area contributed by atoms with Gasteiger partial charge in [-0.15, -0.1) is 10.2 Å². The van der Waals surface area contributed by atoms with Crippen LogP contribution in [0, 0.1) is 0 Å². The molecule has 9 nitrogen and oxygen atoms in total. The molecule has 0 saturated carbocycles. The van der Waals surface area contributed by atoms with Crippen LogP contribution in [0.2, 0.25) is 0 Å². The lowest BCUT2D eigenvalue weighted by Crippen LogP contribution is -2.44. The number of nitrogens with one attached hydrogen (secondary N) is 1. The molecular formula is C21H19N3O6. The van der Waals surface area contributed by atoms with Crippen LogP contribution in [0.5, 0.6) is 0 Å². The highest BCUT2D eigenvalue weighted by Gasteiger charge is 2.22. The fourth-order valence-electron chi connectivity index (χ4n) is 2.68. The normalized spacial score (nSPS) is 11.4. The van der Waals surface area contributed by atoms with Crippen molar-refractivity contribution >= 4 is 17.8 Å². The SMILES string of the molecule is COC(=O)[C@H](Cc1ccccc1)NC(=O)COC(=O)c1ccc(-c2nnco2)cc1. The van der Waals surface area contributed by atoms with E-state index in [2.05, 4.69) is 15.5 Å². The van der Waals surface area contributed by atoms with Gasteiger partial charge < -0.3 is 19.2 Å². The standard InChI is InChI=1S/C21H19N3O6/c1-28-21(27)17(11-14-5-3-2-4-6-14)23-18(25)12-29-20(26)16-9-7-15(8-10-16)19-24-22-13-30-19/h2-10,13,17H,11-12H2,1H3,(H,23,25)/t17-/m0/s1. The molecule has 0 saturated heterocycles. The van der Waals surface area contributed by atoms with Gasteiger partial charge in [0.25, 0.3) is 5.91 Å². The Balaban J connectivity index is 1.54. The van der Waals surface area contributed by atoms with Gasteiger partial charge in [-0.05, 0) is 29.8 Å². The number of carbonyl (C=O) groups is 3. The molecular weight excluding hydrogens is 390 g/mol. The average molecular weight is 409 g/mol. The van der Waals surface area contributed by atoms with Crippen molar-refractivity contribution in [3.8, 4) is 11.5 Å². The molecule has 1 N–H and O–H groups in total. The van der Waals surface area contributed by atoms with Gasteiger partial charge in [-0.1, -0.05) is 30.3 Å². The van der Waals surface area contributed by atoms with Crippen molar-refractivity contribution in [3.63, 3.8) is 0 Å². The molecule has 3 rings (SSSR count). The first kappa shape index (κ1) is 20.7. The number of carbonyl (C=O) groups excluding carboxylic acids is 3. The number of amides is 1. The number of hydrogen-bond acceptors (Lipinski definition) is 8. The molecule has 0 unspecified atom stereocenters. The van der Waals surface area contributed by atoms with Gasteiger partial charge in [0.15, 0.2) is 6.61 Å². The monoisotopic (exact) mass is 409 g/mol. The Kier molecular flexibility index (Phi) is 6.88. The fourth-order valence-corrected chi connectivity index (χ4v) is 2.68. The van der Waals surface area contributed by atoms with Crippen LogP contribution in [0.4, 0.5) is 0 Å². The van der Waals surface area contributed by atoms with E-state index in [0.29, 0.717) is 11.5 Å². The van der Waals surface area contributed by atoms with Crippen LogP contribution in [0.25, 0.3) is 11.5 Å². The smallest absolute Gasteiger partial charge is 0.338 e. The average Bonchev–Trinajstić information content (AvgIpc) is 3.32. The van der Waals surface area contributed by atoms with E-state index in [1.807, 2.05) is 30.3 Å². The molecule has 0 bridgehead atoms. The molecule has 1 aromatic heterocycles. The maximum absolute atomic E-state index is 12.2. The third kappa shape index (κ3) is 5.51. The first-order valence-corrected chi connectivity index (χ1v) is 9.01. The summed E-state index contributed by atoms with van der Waals surface area (Å²) in [7, 11) is 1.24. The lowest BCUT2D eigenvalue weighted by molar-refractivity contribution is -0.145. The van der Waals surface area contributed by atoms with Gasteiger partial charge in [0.05, 0.1) is 12.7 Å². The fraction of sp³-hybridized carbons (Fsp3) is 0.190. The Labute approximate surface area is 172 Å². The van der Waals surface area contributed by atoms with Crippen molar-refractivity contribution in [1.82, 2.24) is 15.5 Å². The van der Waals surface area contributed by atoms with Crippen LogP contribution >= 0.6 is 0 Å². The summed E-state index contributed by atoms with van der Waals surface area (Å²) in [5, 5.41) is 9.90. The zero-order chi connectivity index (χ0) is 21.3. The van der Waals surface area contributed by atoms with Gasteiger partial charge in [-0.25, -0.2) is 9.59 Å². The highest BCUT2D eigenvalue weighted by molar-refractivity contribution is 5.92.